The summed E-state index contributed by atoms with van der Waals surface area (Å²) in [5, 5.41) is 4.19. The second-order valence-electron chi connectivity index (χ2n) is 5.22. The lowest BCUT2D eigenvalue weighted by Gasteiger charge is -2.29. The van der Waals surface area contributed by atoms with E-state index in [1.54, 1.807) is 23.4 Å². The summed E-state index contributed by atoms with van der Waals surface area (Å²) in [5.41, 5.74) is 3.07. The van der Waals surface area contributed by atoms with Crippen LogP contribution >= 0.6 is 23.2 Å². The van der Waals surface area contributed by atoms with Gasteiger partial charge in [0.15, 0.2) is 0 Å². The van der Waals surface area contributed by atoms with Crippen LogP contribution in [0.3, 0.4) is 0 Å². The molecule has 1 aliphatic rings. The zero-order chi connectivity index (χ0) is 15.5. The molecule has 1 aromatic heterocycles. The van der Waals surface area contributed by atoms with Gasteiger partial charge in [-0.3, -0.25) is 4.98 Å². The van der Waals surface area contributed by atoms with Crippen molar-refractivity contribution in [3.63, 3.8) is 0 Å². The number of nitrogens with zero attached hydrogens (tertiary/aromatic N) is 2. The van der Waals surface area contributed by atoms with Crippen LogP contribution in [-0.4, -0.2) is 22.5 Å². The Morgan fingerprint density at radius 1 is 1.36 bits per heavy atom. The third-order valence-corrected chi connectivity index (χ3v) is 4.25. The number of amides is 2. The van der Waals surface area contributed by atoms with Crippen LogP contribution in [0.15, 0.2) is 36.7 Å². The number of carbonyl (C=O) groups is 1. The van der Waals surface area contributed by atoms with Gasteiger partial charge in [0.1, 0.15) is 0 Å². The van der Waals surface area contributed by atoms with Gasteiger partial charge in [0.2, 0.25) is 0 Å². The average Bonchev–Trinajstić information content (AvgIpc) is 2.53. The van der Waals surface area contributed by atoms with Gasteiger partial charge >= 0.3 is 6.03 Å². The van der Waals surface area contributed by atoms with Gasteiger partial charge in [-0.25, -0.2) is 4.79 Å². The molecular weight excluding hydrogens is 321 g/mol. The molecule has 0 saturated heterocycles. The summed E-state index contributed by atoms with van der Waals surface area (Å²) < 4.78 is 0. The first-order valence-corrected chi connectivity index (χ1v) is 7.77. The van der Waals surface area contributed by atoms with Gasteiger partial charge in [0.25, 0.3) is 0 Å². The number of hydrogen-bond donors (Lipinski definition) is 1. The number of halogens is 2. The topological polar surface area (TPSA) is 45.2 Å². The minimum absolute atomic E-state index is 0.0920. The first-order chi connectivity index (χ1) is 10.6. The maximum atomic E-state index is 12.3. The van der Waals surface area contributed by atoms with Gasteiger partial charge in [-0.15, -0.1) is 0 Å². The molecule has 4 nitrogen and oxygen atoms in total. The van der Waals surface area contributed by atoms with Gasteiger partial charge < -0.3 is 10.2 Å². The molecule has 3 rings (SSSR count). The Morgan fingerprint density at radius 2 is 2.23 bits per heavy atom. The van der Waals surface area contributed by atoms with Crippen LogP contribution in [0.1, 0.15) is 16.7 Å². The molecule has 114 valence electrons. The van der Waals surface area contributed by atoms with Crippen molar-refractivity contribution in [3.8, 4) is 0 Å². The van der Waals surface area contributed by atoms with Crippen molar-refractivity contribution in [2.75, 3.05) is 6.54 Å². The van der Waals surface area contributed by atoms with E-state index in [9.17, 15) is 4.79 Å². The number of fused-ring (bicyclic) bond motifs is 1. The fourth-order valence-electron chi connectivity index (χ4n) is 2.57. The first-order valence-electron chi connectivity index (χ1n) is 7.02. The minimum Gasteiger partial charge on any atom is -0.334 e. The van der Waals surface area contributed by atoms with E-state index < -0.39 is 0 Å². The van der Waals surface area contributed by atoms with Crippen molar-refractivity contribution in [3.05, 3.63) is 63.4 Å². The van der Waals surface area contributed by atoms with Crippen LogP contribution in [0, 0.1) is 0 Å². The van der Waals surface area contributed by atoms with Gasteiger partial charge in [-0.1, -0.05) is 29.3 Å². The highest BCUT2D eigenvalue weighted by Crippen LogP contribution is 2.29. The Bertz CT molecular complexity index is 691. The van der Waals surface area contributed by atoms with E-state index in [1.807, 2.05) is 18.2 Å². The number of hydrogen-bond acceptors (Lipinski definition) is 2. The van der Waals surface area contributed by atoms with E-state index in [0.717, 1.165) is 23.1 Å². The molecule has 0 unspecified atom stereocenters. The maximum Gasteiger partial charge on any atom is 0.317 e. The van der Waals surface area contributed by atoms with E-state index in [4.69, 9.17) is 23.2 Å². The van der Waals surface area contributed by atoms with E-state index in [-0.39, 0.29) is 6.03 Å². The number of urea groups is 1. The molecule has 0 fully saturated rings. The van der Waals surface area contributed by atoms with Crippen LogP contribution in [0.25, 0.3) is 0 Å². The monoisotopic (exact) mass is 335 g/mol. The molecule has 2 heterocycles. The van der Waals surface area contributed by atoms with Crippen LogP contribution in [0.2, 0.25) is 10.0 Å². The van der Waals surface area contributed by atoms with Crippen molar-refractivity contribution >= 4 is 29.2 Å². The summed E-state index contributed by atoms with van der Waals surface area (Å²) in [4.78, 5) is 18.1. The molecule has 0 aliphatic carbocycles. The van der Waals surface area contributed by atoms with Gasteiger partial charge in [0, 0.05) is 42.1 Å². The van der Waals surface area contributed by atoms with E-state index >= 15 is 0 Å². The summed E-state index contributed by atoms with van der Waals surface area (Å²) in [6.45, 7) is 1.63. The smallest absolute Gasteiger partial charge is 0.317 e. The van der Waals surface area contributed by atoms with Crippen molar-refractivity contribution in [1.29, 1.82) is 0 Å². The van der Waals surface area contributed by atoms with E-state index in [0.29, 0.717) is 29.7 Å². The molecule has 1 aromatic carbocycles. The summed E-state index contributed by atoms with van der Waals surface area (Å²) in [6, 6.07) is 7.32. The molecule has 6 heteroatoms. The standard InChI is InChI=1S/C16H15Cl2N3O/c17-13-6-12-10-21(5-3-14(12)15(18)7-13)16(22)20-9-11-2-1-4-19-8-11/h1-2,4,6-8H,3,5,9-10H2,(H,20,22). The van der Waals surface area contributed by atoms with Crippen LogP contribution in [0.4, 0.5) is 4.79 Å². The van der Waals surface area contributed by atoms with Crippen LogP contribution in [0.5, 0.6) is 0 Å². The number of carbonyl (C=O) groups excluding carboxylic acids is 1. The number of nitrogens with one attached hydrogen (secondary N) is 1. The summed E-state index contributed by atoms with van der Waals surface area (Å²) in [6.07, 6.45) is 4.19. The summed E-state index contributed by atoms with van der Waals surface area (Å²) in [5.74, 6) is 0. The Balaban J connectivity index is 1.65. The predicted molar refractivity (Wildman–Crippen MR) is 87.0 cm³/mol. The molecule has 0 bridgehead atoms. The second kappa shape index (κ2) is 6.55. The molecule has 2 amide bonds. The molecule has 1 aliphatic heterocycles. The Labute approximate surface area is 139 Å². The first kappa shape index (κ1) is 15.1. The molecule has 0 saturated carbocycles. The Hall–Kier alpha value is -1.78. The van der Waals surface area contributed by atoms with Gasteiger partial charge in [0.05, 0.1) is 0 Å². The lowest BCUT2D eigenvalue weighted by Crippen LogP contribution is -2.42. The van der Waals surface area contributed by atoms with Crippen molar-refractivity contribution in [2.24, 2.45) is 0 Å². The van der Waals surface area contributed by atoms with E-state index in [2.05, 4.69) is 10.3 Å². The lowest BCUT2D eigenvalue weighted by molar-refractivity contribution is 0.192. The fourth-order valence-corrected chi connectivity index (χ4v) is 3.20. The number of aromatic nitrogens is 1. The highest BCUT2D eigenvalue weighted by molar-refractivity contribution is 6.35. The quantitative estimate of drug-likeness (QED) is 0.910. The van der Waals surface area contributed by atoms with E-state index in [1.165, 1.54) is 0 Å². The second-order valence-corrected chi connectivity index (χ2v) is 6.06. The lowest BCUT2D eigenvalue weighted by atomic mass is 10.00. The molecule has 1 N–H and O–H groups in total. The molecule has 22 heavy (non-hydrogen) atoms. The molecule has 0 atom stereocenters. The summed E-state index contributed by atoms with van der Waals surface area (Å²) in [7, 11) is 0. The fraction of sp³-hybridized carbons (Fsp3) is 0.250. The van der Waals surface area contributed by atoms with Crippen molar-refractivity contribution < 1.29 is 4.79 Å². The summed E-state index contributed by atoms with van der Waals surface area (Å²) >= 11 is 12.2. The van der Waals surface area contributed by atoms with Gasteiger partial charge in [-0.05, 0) is 41.3 Å². The molecule has 2 aromatic rings. The van der Waals surface area contributed by atoms with Gasteiger partial charge in [-0.2, -0.15) is 0 Å². The Kier molecular flexibility index (Phi) is 4.50. The third kappa shape index (κ3) is 3.34. The zero-order valence-corrected chi connectivity index (χ0v) is 13.4. The highest BCUT2D eigenvalue weighted by Gasteiger charge is 2.22. The average molecular weight is 336 g/mol. The molecule has 0 spiro atoms. The largest absolute Gasteiger partial charge is 0.334 e. The Morgan fingerprint density at radius 3 is 3.00 bits per heavy atom. The third-order valence-electron chi connectivity index (χ3n) is 3.70. The van der Waals surface area contributed by atoms with Crippen LogP contribution in [-0.2, 0) is 19.5 Å². The molecular formula is C16H15Cl2N3O. The van der Waals surface area contributed by atoms with Crippen molar-refractivity contribution in [1.82, 2.24) is 15.2 Å². The number of pyridine rings is 1. The minimum atomic E-state index is -0.0920. The number of rotatable bonds is 2. The zero-order valence-electron chi connectivity index (χ0n) is 11.9. The molecule has 0 radical (unpaired) electrons. The number of benzene rings is 1. The SMILES string of the molecule is O=C(NCc1cccnc1)N1CCc2c(Cl)cc(Cl)cc2C1. The normalized spacial score (nSPS) is 13.6. The highest BCUT2D eigenvalue weighted by atomic mass is 35.5. The van der Waals surface area contributed by atoms with Crippen LogP contribution < -0.4 is 5.32 Å². The van der Waals surface area contributed by atoms with Crippen molar-refractivity contribution in [2.45, 2.75) is 19.5 Å². The predicted octanol–water partition coefficient (Wildman–Crippen LogP) is 3.66. The maximum absolute atomic E-state index is 12.3.